The summed E-state index contributed by atoms with van der Waals surface area (Å²) in [5.41, 5.74) is 0. The highest BCUT2D eigenvalue weighted by atomic mass is 16.9. The maximum absolute atomic E-state index is 5.51. The first kappa shape index (κ1) is 19.6. The maximum atomic E-state index is 5.51. The Morgan fingerprint density at radius 1 is 0.900 bits per heavy atom. The molecule has 0 saturated heterocycles. The molecule has 0 fully saturated rings. The molecule has 0 aromatic carbocycles. The monoisotopic (exact) mass is 286 g/mol. The molecule has 3 nitrogen and oxygen atoms in total. The van der Waals surface area contributed by atoms with Crippen molar-refractivity contribution < 1.29 is 14.2 Å². The summed E-state index contributed by atoms with van der Waals surface area (Å²) in [6, 6.07) is 0. The van der Waals surface area contributed by atoms with Crippen molar-refractivity contribution in [3.05, 3.63) is 12.7 Å². The number of allylic oxidation sites excluding steroid dienone is 1. The predicted molar refractivity (Wildman–Crippen MR) is 84.7 cm³/mol. The van der Waals surface area contributed by atoms with Gasteiger partial charge in [0, 0.05) is 27.2 Å². The molecule has 0 aliphatic rings. The van der Waals surface area contributed by atoms with Crippen LogP contribution in [0.3, 0.4) is 0 Å². The zero-order valence-corrected chi connectivity index (χ0v) is 14.0. The normalized spacial score (nSPS) is 13.4. The van der Waals surface area contributed by atoms with Crippen LogP contribution < -0.4 is 0 Å². The lowest BCUT2D eigenvalue weighted by molar-refractivity contribution is -0.380. The minimum absolute atomic E-state index is 0.242. The van der Waals surface area contributed by atoms with Crippen LogP contribution in [0.2, 0.25) is 0 Å². The molecule has 0 radical (unpaired) electrons. The van der Waals surface area contributed by atoms with E-state index in [9.17, 15) is 0 Å². The van der Waals surface area contributed by atoms with Gasteiger partial charge in [0.2, 0.25) is 0 Å². The second-order valence-electron chi connectivity index (χ2n) is 5.34. The van der Waals surface area contributed by atoms with Crippen molar-refractivity contribution >= 4 is 0 Å². The highest BCUT2D eigenvalue weighted by molar-refractivity contribution is 4.76. The lowest BCUT2D eigenvalue weighted by atomic mass is 9.93. The van der Waals surface area contributed by atoms with E-state index < -0.39 is 5.97 Å². The van der Waals surface area contributed by atoms with E-state index in [1.165, 1.54) is 38.5 Å². The largest absolute Gasteiger partial charge is 0.331 e. The van der Waals surface area contributed by atoms with Gasteiger partial charge < -0.3 is 14.2 Å². The van der Waals surface area contributed by atoms with Crippen LogP contribution in [0.4, 0.5) is 0 Å². The van der Waals surface area contributed by atoms with E-state index in [1.807, 2.05) is 6.08 Å². The summed E-state index contributed by atoms with van der Waals surface area (Å²) in [4.78, 5) is 0. The van der Waals surface area contributed by atoms with Gasteiger partial charge in [-0.1, -0.05) is 51.5 Å². The topological polar surface area (TPSA) is 27.7 Å². The molecule has 0 aliphatic heterocycles. The van der Waals surface area contributed by atoms with Crippen molar-refractivity contribution in [2.24, 2.45) is 5.92 Å². The van der Waals surface area contributed by atoms with Crippen LogP contribution >= 0.6 is 0 Å². The van der Waals surface area contributed by atoms with Crippen LogP contribution in [0.25, 0.3) is 0 Å². The maximum Gasteiger partial charge on any atom is 0.285 e. The van der Waals surface area contributed by atoms with Gasteiger partial charge in [-0.05, 0) is 19.3 Å². The van der Waals surface area contributed by atoms with Gasteiger partial charge in [0.1, 0.15) is 0 Å². The average molecular weight is 286 g/mol. The zero-order chi connectivity index (χ0) is 15.3. The SMILES string of the molecule is C=CCCC(CCCCCCCC)C(OC)(OC)OC. The molecule has 0 rings (SSSR count). The molecule has 1 atom stereocenters. The smallest absolute Gasteiger partial charge is 0.285 e. The molecular weight excluding hydrogens is 252 g/mol. The number of unbranched alkanes of at least 4 members (excludes halogenated alkanes) is 5. The highest BCUT2D eigenvalue weighted by Gasteiger charge is 2.38. The third kappa shape index (κ3) is 6.87. The predicted octanol–water partition coefficient (Wildman–Crippen LogP) is 4.91. The Balaban J connectivity index is 4.29. The molecular formula is C17H34O3. The molecule has 0 N–H and O–H groups in total. The Kier molecular flexibility index (Phi) is 12.1. The van der Waals surface area contributed by atoms with Crippen molar-refractivity contribution in [3.8, 4) is 0 Å². The van der Waals surface area contributed by atoms with Gasteiger partial charge in [-0.15, -0.1) is 6.58 Å². The minimum Gasteiger partial charge on any atom is -0.331 e. The Labute approximate surface area is 125 Å². The minimum atomic E-state index is -0.910. The highest BCUT2D eigenvalue weighted by Crippen LogP contribution is 2.32. The van der Waals surface area contributed by atoms with Crippen LogP contribution in [-0.2, 0) is 14.2 Å². The van der Waals surface area contributed by atoms with E-state index in [-0.39, 0.29) is 5.92 Å². The van der Waals surface area contributed by atoms with Crippen molar-refractivity contribution in [2.75, 3.05) is 21.3 Å². The van der Waals surface area contributed by atoms with Gasteiger partial charge in [-0.25, -0.2) is 0 Å². The van der Waals surface area contributed by atoms with Crippen LogP contribution in [0, 0.1) is 5.92 Å². The van der Waals surface area contributed by atoms with Gasteiger partial charge in [0.15, 0.2) is 0 Å². The van der Waals surface area contributed by atoms with Crippen LogP contribution in [0.5, 0.6) is 0 Å². The summed E-state index contributed by atoms with van der Waals surface area (Å²) in [6.45, 7) is 6.05. The summed E-state index contributed by atoms with van der Waals surface area (Å²) in [6.07, 6.45) is 12.7. The van der Waals surface area contributed by atoms with Crippen LogP contribution in [0.1, 0.15) is 64.7 Å². The quantitative estimate of drug-likeness (QED) is 0.258. The van der Waals surface area contributed by atoms with E-state index in [1.54, 1.807) is 21.3 Å². The summed E-state index contributed by atoms with van der Waals surface area (Å²) in [5.74, 6) is -0.668. The molecule has 20 heavy (non-hydrogen) atoms. The molecule has 0 aromatic heterocycles. The van der Waals surface area contributed by atoms with E-state index in [2.05, 4.69) is 13.5 Å². The van der Waals surface area contributed by atoms with Gasteiger partial charge in [0.05, 0.1) is 0 Å². The average Bonchev–Trinajstić information content (AvgIpc) is 2.49. The summed E-state index contributed by atoms with van der Waals surface area (Å²) in [7, 11) is 4.94. The zero-order valence-electron chi connectivity index (χ0n) is 14.0. The Bertz CT molecular complexity index is 216. The summed E-state index contributed by atoms with van der Waals surface area (Å²) in [5, 5.41) is 0. The fourth-order valence-corrected chi connectivity index (χ4v) is 2.74. The third-order valence-electron chi connectivity index (χ3n) is 3.98. The third-order valence-corrected chi connectivity index (χ3v) is 3.98. The molecule has 0 saturated carbocycles. The number of hydrogen-bond donors (Lipinski definition) is 0. The first-order chi connectivity index (χ1) is 9.70. The Morgan fingerprint density at radius 3 is 1.95 bits per heavy atom. The second kappa shape index (κ2) is 12.4. The summed E-state index contributed by atoms with van der Waals surface area (Å²) >= 11 is 0. The molecule has 0 spiro atoms. The van der Waals surface area contributed by atoms with Crippen molar-refractivity contribution in [2.45, 2.75) is 70.7 Å². The van der Waals surface area contributed by atoms with Crippen molar-refractivity contribution in [3.63, 3.8) is 0 Å². The molecule has 3 heteroatoms. The van der Waals surface area contributed by atoms with Crippen LogP contribution in [-0.4, -0.2) is 27.3 Å². The molecule has 1 unspecified atom stereocenters. The van der Waals surface area contributed by atoms with E-state index >= 15 is 0 Å². The molecule has 0 heterocycles. The number of ether oxygens (including phenoxy) is 3. The van der Waals surface area contributed by atoms with Gasteiger partial charge >= 0.3 is 0 Å². The standard InChI is InChI=1S/C17H34O3/c1-6-8-10-11-12-13-15-16(14-9-7-2)17(18-3,19-4)20-5/h7,16H,2,6,8-15H2,1,3-5H3. The van der Waals surface area contributed by atoms with E-state index in [0.717, 1.165) is 19.3 Å². The van der Waals surface area contributed by atoms with E-state index in [4.69, 9.17) is 14.2 Å². The number of hydrogen-bond acceptors (Lipinski definition) is 3. The summed E-state index contributed by atoms with van der Waals surface area (Å²) < 4.78 is 16.5. The first-order valence-electron chi connectivity index (χ1n) is 7.97. The Morgan fingerprint density at radius 2 is 1.45 bits per heavy atom. The lowest BCUT2D eigenvalue weighted by Crippen LogP contribution is -2.44. The van der Waals surface area contributed by atoms with Gasteiger partial charge in [-0.2, -0.15) is 0 Å². The van der Waals surface area contributed by atoms with E-state index in [0.29, 0.717) is 0 Å². The lowest BCUT2D eigenvalue weighted by Gasteiger charge is -2.36. The van der Waals surface area contributed by atoms with Gasteiger partial charge in [-0.3, -0.25) is 0 Å². The molecule has 120 valence electrons. The molecule has 0 aliphatic carbocycles. The number of methoxy groups -OCH3 is 3. The van der Waals surface area contributed by atoms with Crippen molar-refractivity contribution in [1.29, 1.82) is 0 Å². The van der Waals surface area contributed by atoms with Crippen LogP contribution in [0.15, 0.2) is 12.7 Å². The van der Waals surface area contributed by atoms with Crippen molar-refractivity contribution in [1.82, 2.24) is 0 Å². The fraction of sp³-hybridized carbons (Fsp3) is 0.882. The molecule has 0 bridgehead atoms. The first-order valence-corrected chi connectivity index (χ1v) is 7.97. The molecule has 0 aromatic rings. The Hall–Kier alpha value is -0.380. The fourth-order valence-electron chi connectivity index (χ4n) is 2.74. The number of rotatable bonds is 14. The van der Waals surface area contributed by atoms with Gasteiger partial charge in [0.25, 0.3) is 5.97 Å². The second-order valence-corrected chi connectivity index (χ2v) is 5.34. The molecule has 0 amide bonds.